The lowest BCUT2D eigenvalue weighted by molar-refractivity contribution is -0.113. The van der Waals surface area contributed by atoms with Gasteiger partial charge in [0.1, 0.15) is 0 Å². The van der Waals surface area contributed by atoms with Crippen LogP contribution in [-0.2, 0) is 14.8 Å². The second kappa shape index (κ2) is 10.8. The number of halogens is 1. The summed E-state index contributed by atoms with van der Waals surface area (Å²) in [6.07, 6.45) is 1.71. The largest absolute Gasteiger partial charge is 0.325 e. The van der Waals surface area contributed by atoms with Crippen LogP contribution in [-0.4, -0.2) is 53.6 Å². The fraction of sp³-hybridized carbons (Fsp3) is 0.238. The zero-order chi connectivity index (χ0) is 24.1. The minimum atomic E-state index is -3.53. The van der Waals surface area contributed by atoms with Crippen LogP contribution in [0.15, 0.2) is 57.8 Å². The van der Waals surface area contributed by atoms with E-state index in [2.05, 4.69) is 20.8 Å². The Labute approximate surface area is 210 Å². The number of anilines is 2. The Balaban J connectivity index is 1.30. The molecule has 34 heavy (non-hydrogen) atoms. The minimum absolute atomic E-state index is 0.113. The Morgan fingerprint density at radius 3 is 2.50 bits per heavy atom. The van der Waals surface area contributed by atoms with Crippen LogP contribution >= 0.6 is 34.7 Å². The molecule has 0 atom stereocenters. The fourth-order valence-electron chi connectivity index (χ4n) is 3.23. The highest BCUT2D eigenvalue weighted by atomic mass is 35.5. The van der Waals surface area contributed by atoms with Gasteiger partial charge in [-0.05, 0) is 55.3 Å². The van der Waals surface area contributed by atoms with E-state index in [4.69, 9.17) is 11.6 Å². The summed E-state index contributed by atoms with van der Waals surface area (Å²) in [7, 11) is -3.53. The van der Waals surface area contributed by atoms with E-state index < -0.39 is 15.9 Å². The van der Waals surface area contributed by atoms with Gasteiger partial charge in [0, 0.05) is 29.4 Å². The van der Waals surface area contributed by atoms with Crippen LogP contribution in [0.3, 0.4) is 0 Å². The first kappa shape index (κ1) is 24.6. The molecule has 1 aliphatic heterocycles. The van der Waals surface area contributed by atoms with Gasteiger partial charge in [0.15, 0.2) is 4.34 Å². The van der Waals surface area contributed by atoms with E-state index in [1.807, 2.05) is 0 Å². The number of hydrogen-bond donors (Lipinski definition) is 2. The molecule has 2 aromatic carbocycles. The Kier molecular flexibility index (Phi) is 7.84. The van der Waals surface area contributed by atoms with Crippen LogP contribution < -0.4 is 10.6 Å². The summed E-state index contributed by atoms with van der Waals surface area (Å²) in [6.45, 7) is 1.04. The average molecular weight is 538 g/mol. The first-order chi connectivity index (χ1) is 16.3. The molecule has 0 aliphatic carbocycles. The fourth-order valence-corrected chi connectivity index (χ4v) is 6.49. The van der Waals surface area contributed by atoms with Crippen molar-refractivity contribution in [1.29, 1.82) is 0 Å². The number of carbonyl (C=O) groups excluding carboxylic acids is 2. The van der Waals surface area contributed by atoms with Crippen molar-refractivity contribution in [1.82, 2.24) is 14.5 Å². The molecule has 1 aromatic heterocycles. The molecule has 3 aromatic rings. The van der Waals surface area contributed by atoms with Crippen LogP contribution in [0.1, 0.15) is 23.2 Å². The molecular weight excluding hydrogens is 518 g/mol. The van der Waals surface area contributed by atoms with Gasteiger partial charge in [0.25, 0.3) is 5.91 Å². The monoisotopic (exact) mass is 537 g/mol. The van der Waals surface area contributed by atoms with Crippen LogP contribution in [0.2, 0.25) is 5.02 Å². The summed E-state index contributed by atoms with van der Waals surface area (Å²) >= 11 is 8.23. The number of sulfonamides is 1. The number of thioether (sulfide) groups is 1. The second-order valence-corrected chi connectivity index (χ2v) is 11.9. The molecule has 2 N–H and O–H groups in total. The van der Waals surface area contributed by atoms with Crippen molar-refractivity contribution in [3.8, 4) is 0 Å². The molecule has 9 nitrogen and oxygen atoms in total. The van der Waals surface area contributed by atoms with Gasteiger partial charge in [-0.1, -0.05) is 40.8 Å². The third kappa shape index (κ3) is 6.13. The van der Waals surface area contributed by atoms with E-state index in [1.54, 1.807) is 24.3 Å². The van der Waals surface area contributed by atoms with E-state index >= 15 is 0 Å². The zero-order valence-electron chi connectivity index (χ0n) is 17.7. The maximum atomic E-state index is 12.6. The van der Waals surface area contributed by atoms with E-state index in [9.17, 15) is 18.0 Å². The number of benzene rings is 2. The summed E-state index contributed by atoms with van der Waals surface area (Å²) in [5, 5.41) is 14.1. The molecule has 0 saturated carbocycles. The van der Waals surface area contributed by atoms with Gasteiger partial charge >= 0.3 is 0 Å². The highest BCUT2D eigenvalue weighted by Crippen LogP contribution is 2.26. The molecule has 2 amide bonds. The van der Waals surface area contributed by atoms with E-state index in [1.165, 1.54) is 40.3 Å². The third-order valence-corrected chi connectivity index (χ3v) is 9.00. The summed E-state index contributed by atoms with van der Waals surface area (Å²) in [5.41, 5.74) is 0.897. The lowest BCUT2D eigenvalue weighted by Crippen LogP contribution is -2.27. The number of nitrogens with one attached hydrogen (secondary N) is 2. The Morgan fingerprint density at radius 2 is 1.79 bits per heavy atom. The van der Waals surface area contributed by atoms with Crippen molar-refractivity contribution in [2.75, 3.05) is 29.5 Å². The number of rotatable bonds is 8. The zero-order valence-corrected chi connectivity index (χ0v) is 20.9. The van der Waals surface area contributed by atoms with Crippen LogP contribution in [0.5, 0.6) is 0 Å². The first-order valence-corrected chi connectivity index (χ1v) is 13.9. The maximum Gasteiger partial charge on any atom is 0.257 e. The van der Waals surface area contributed by atoms with Gasteiger partial charge in [0.2, 0.25) is 21.1 Å². The Hall–Kier alpha value is -2.51. The van der Waals surface area contributed by atoms with E-state index in [-0.39, 0.29) is 21.7 Å². The highest BCUT2D eigenvalue weighted by Gasteiger charge is 2.27. The van der Waals surface area contributed by atoms with Gasteiger partial charge in [-0.25, -0.2) is 8.42 Å². The normalized spacial score (nSPS) is 14.1. The van der Waals surface area contributed by atoms with Gasteiger partial charge in [0.05, 0.1) is 10.6 Å². The summed E-state index contributed by atoms with van der Waals surface area (Å²) in [5.74, 6) is -0.546. The van der Waals surface area contributed by atoms with Crippen molar-refractivity contribution < 1.29 is 18.0 Å². The third-order valence-electron chi connectivity index (χ3n) is 4.88. The molecule has 1 aliphatic rings. The standard InChI is InChI=1S/C21H20ClN5O4S3/c22-15-4-3-5-16(12-15)23-18(28)13-32-21-26-25-20(33-21)24-19(29)14-6-8-17(9-7-14)34(30,31)27-10-1-2-11-27/h3-9,12H,1-2,10-11,13H2,(H,23,28)(H,24,25,29). The number of carbonyl (C=O) groups is 2. The summed E-state index contributed by atoms with van der Waals surface area (Å²) in [6, 6.07) is 12.6. The number of nitrogens with zero attached hydrogens (tertiary/aromatic N) is 3. The van der Waals surface area contributed by atoms with E-state index in [0.29, 0.717) is 33.7 Å². The van der Waals surface area contributed by atoms with Crippen molar-refractivity contribution in [2.24, 2.45) is 0 Å². The molecule has 0 unspecified atom stereocenters. The molecular formula is C21H20ClN5O4S3. The van der Waals surface area contributed by atoms with Crippen molar-refractivity contribution in [2.45, 2.75) is 22.1 Å². The molecule has 4 rings (SSSR count). The molecule has 13 heteroatoms. The predicted molar refractivity (Wildman–Crippen MR) is 133 cm³/mol. The first-order valence-electron chi connectivity index (χ1n) is 10.2. The number of aromatic nitrogens is 2. The van der Waals surface area contributed by atoms with Crippen molar-refractivity contribution >= 4 is 67.4 Å². The predicted octanol–water partition coefficient (Wildman–Crippen LogP) is 3.96. The minimum Gasteiger partial charge on any atom is -0.325 e. The molecule has 1 fully saturated rings. The Bertz CT molecular complexity index is 1290. The molecule has 178 valence electrons. The van der Waals surface area contributed by atoms with Crippen LogP contribution in [0, 0.1) is 0 Å². The van der Waals surface area contributed by atoms with Gasteiger partial charge < -0.3 is 5.32 Å². The molecule has 0 spiro atoms. The molecule has 1 saturated heterocycles. The number of hydrogen-bond acceptors (Lipinski definition) is 8. The van der Waals surface area contributed by atoms with Crippen molar-refractivity contribution in [3.05, 3.63) is 59.1 Å². The quantitative estimate of drug-likeness (QED) is 0.329. The van der Waals surface area contributed by atoms with E-state index in [0.717, 1.165) is 24.2 Å². The topological polar surface area (TPSA) is 121 Å². The maximum absolute atomic E-state index is 12.6. The smallest absolute Gasteiger partial charge is 0.257 e. The highest BCUT2D eigenvalue weighted by molar-refractivity contribution is 8.01. The van der Waals surface area contributed by atoms with Crippen molar-refractivity contribution in [3.63, 3.8) is 0 Å². The lowest BCUT2D eigenvalue weighted by Gasteiger charge is -2.15. The van der Waals surface area contributed by atoms with Crippen LogP contribution in [0.4, 0.5) is 10.8 Å². The van der Waals surface area contributed by atoms with Gasteiger partial charge in [-0.15, -0.1) is 10.2 Å². The SMILES string of the molecule is O=C(CSc1nnc(NC(=O)c2ccc(S(=O)(=O)N3CCCC3)cc2)s1)Nc1cccc(Cl)c1. The van der Waals surface area contributed by atoms with Gasteiger partial charge in [-0.3, -0.25) is 14.9 Å². The second-order valence-electron chi connectivity index (χ2n) is 7.31. The lowest BCUT2D eigenvalue weighted by atomic mass is 10.2. The number of amides is 2. The summed E-state index contributed by atoms with van der Waals surface area (Å²) in [4.78, 5) is 24.8. The molecule has 0 bridgehead atoms. The molecule has 0 radical (unpaired) electrons. The molecule has 2 heterocycles. The Morgan fingerprint density at radius 1 is 1.06 bits per heavy atom. The van der Waals surface area contributed by atoms with Crippen LogP contribution in [0.25, 0.3) is 0 Å². The summed E-state index contributed by atoms with van der Waals surface area (Å²) < 4.78 is 27.2. The average Bonchev–Trinajstić information content (AvgIpc) is 3.51. The van der Waals surface area contributed by atoms with Gasteiger partial charge in [-0.2, -0.15) is 4.31 Å².